The van der Waals surface area contributed by atoms with Gasteiger partial charge in [0.15, 0.2) is 9.84 Å². The predicted octanol–water partition coefficient (Wildman–Crippen LogP) is 1.82. The van der Waals surface area contributed by atoms with Gasteiger partial charge in [-0.05, 0) is 18.6 Å². The van der Waals surface area contributed by atoms with E-state index in [2.05, 4.69) is 5.48 Å². The molecule has 1 saturated heterocycles. The number of carbonyl (C=O) groups is 1. The molecule has 0 bridgehead atoms. The highest BCUT2D eigenvalue weighted by atomic mass is 35.5. The van der Waals surface area contributed by atoms with Crippen molar-refractivity contribution in [3.05, 3.63) is 33.9 Å². The molecule has 2 heterocycles. The Morgan fingerprint density at radius 1 is 1.48 bits per heavy atom. The largest absolute Gasteiger partial charge is 0.478 e. The quantitative estimate of drug-likeness (QED) is 0.845. The lowest BCUT2D eigenvalue weighted by molar-refractivity contribution is -0.109. The summed E-state index contributed by atoms with van der Waals surface area (Å²) in [6.45, 7) is 1.95. The van der Waals surface area contributed by atoms with Gasteiger partial charge >= 0.3 is 5.97 Å². The van der Waals surface area contributed by atoms with E-state index in [-0.39, 0.29) is 26.8 Å². The topological polar surface area (TPSA) is 102 Å². The lowest BCUT2D eigenvalue weighted by Gasteiger charge is -2.15. The van der Waals surface area contributed by atoms with Crippen molar-refractivity contribution < 1.29 is 27.9 Å². The Hall–Kier alpha value is -1.61. The molecule has 1 aromatic carbocycles. The molecule has 1 fully saturated rings. The lowest BCUT2D eigenvalue weighted by Crippen LogP contribution is -2.16. The molecule has 1 aromatic rings. The molecule has 23 heavy (non-hydrogen) atoms. The van der Waals surface area contributed by atoms with Crippen LogP contribution in [0.3, 0.4) is 0 Å². The predicted molar refractivity (Wildman–Crippen MR) is 81.6 cm³/mol. The van der Waals surface area contributed by atoms with E-state index in [1.54, 1.807) is 0 Å². The minimum Gasteiger partial charge on any atom is -0.478 e. The summed E-state index contributed by atoms with van der Waals surface area (Å²) in [6.07, 6.45) is -0.0570. The van der Waals surface area contributed by atoms with Crippen LogP contribution in [0.5, 0.6) is 0 Å². The average molecular weight is 360 g/mol. The van der Waals surface area contributed by atoms with Crippen molar-refractivity contribution in [2.24, 2.45) is 0 Å². The van der Waals surface area contributed by atoms with Gasteiger partial charge in [0.05, 0.1) is 33.5 Å². The van der Waals surface area contributed by atoms with Crippen molar-refractivity contribution in [2.75, 3.05) is 12.4 Å². The van der Waals surface area contributed by atoms with Crippen LogP contribution in [0.1, 0.15) is 29.3 Å². The number of hydrogen-bond acceptors (Lipinski definition) is 6. The summed E-state index contributed by atoms with van der Waals surface area (Å²) in [4.78, 5) is 16.5. The summed E-state index contributed by atoms with van der Waals surface area (Å²) in [7, 11) is -3.61. The van der Waals surface area contributed by atoms with Crippen LogP contribution in [0.25, 0.3) is 5.70 Å². The molecule has 124 valence electrons. The Kier molecular flexibility index (Phi) is 4.09. The van der Waals surface area contributed by atoms with E-state index in [9.17, 15) is 18.3 Å². The third-order valence-corrected chi connectivity index (χ3v) is 5.98. The van der Waals surface area contributed by atoms with Crippen LogP contribution in [-0.2, 0) is 19.4 Å². The Labute approximate surface area is 137 Å². The second kappa shape index (κ2) is 5.79. The highest BCUT2D eigenvalue weighted by Crippen LogP contribution is 2.40. The molecule has 0 spiro atoms. The lowest BCUT2D eigenvalue weighted by atomic mass is 10.0. The number of nitrogens with one attached hydrogen (secondary N) is 1. The van der Waals surface area contributed by atoms with Crippen LogP contribution >= 0.6 is 11.6 Å². The van der Waals surface area contributed by atoms with Crippen LogP contribution in [0.4, 0.5) is 0 Å². The minimum absolute atomic E-state index is 0.0267. The van der Waals surface area contributed by atoms with Gasteiger partial charge in [0.2, 0.25) is 6.29 Å². The van der Waals surface area contributed by atoms with Gasteiger partial charge in [0.1, 0.15) is 0 Å². The molecule has 2 aliphatic rings. The molecule has 9 heteroatoms. The fourth-order valence-corrected chi connectivity index (χ4v) is 4.10. The van der Waals surface area contributed by atoms with Crippen molar-refractivity contribution in [2.45, 2.75) is 24.5 Å². The fraction of sp³-hybridized carbons (Fsp3) is 0.357. The van der Waals surface area contributed by atoms with Crippen LogP contribution in [-0.4, -0.2) is 38.1 Å². The number of halogens is 1. The third-order valence-electron chi connectivity index (χ3n) is 3.81. The maximum Gasteiger partial charge on any atom is 0.337 e. The van der Waals surface area contributed by atoms with Gasteiger partial charge in [-0.2, -0.15) is 0 Å². The molecular weight excluding hydrogens is 346 g/mol. The van der Waals surface area contributed by atoms with E-state index >= 15 is 0 Å². The number of fused-ring (bicyclic) bond motifs is 1. The Morgan fingerprint density at radius 2 is 2.22 bits per heavy atom. The minimum atomic E-state index is -3.61. The van der Waals surface area contributed by atoms with Gasteiger partial charge in [-0.25, -0.2) is 18.0 Å². The third kappa shape index (κ3) is 2.61. The first-order chi connectivity index (χ1) is 10.9. The zero-order chi connectivity index (χ0) is 16.8. The summed E-state index contributed by atoms with van der Waals surface area (Å²) in [6, 6.07) is 2.46. The molecule has 2 aliphatic heterocycles. The average Bonchev–Trinajstić information content (AvgIpc) is 3.10. The van der Waals surface area contributed by atoms with Crippen molar-refractivity contribution in [1.29, 1.82) is 0 Å². The molecule has 1 unspecified atom stereocenters. The van der Waals surface area contributed by atoms with Crippen LogP contribution in [0.15, 0.2) is 22.6 Å². The van der Waals surface area contributed by atoms with Gasteiger partial charge in [0, 0.05) is 11.1 Å². The van der Waals surface area contributed by atoms with Crippen molar-refractivity contribution in [3.8, 4) is 0 Å². The number of sulfone groups is 1. The SMILES string of the molecule is CCS(=O)(=O)c1ccc(C(=O)O)c(Cl)c1C1=C2CCOC2ON1. The van der Waals surface area contributed by atoms with E-state index < -0.39 is 22.1 Å². The first-order valence-corrected chi connectivity index (χ1v) is 8.95. The molecule has 3 rings (SSSR count). The highest BCUT2D eigenvalue weighted by molar-refractivity contribution is 7.91. The van der Waals surface area contributed by atoms with Gasteiger partial charge in [-0.1, -0.05) is 18.5 Å². The van der Waals surface area contributed by atoms with Gasteiger partial charge in [-0.3, -0.25) is 5.48 Å². The highest BCUT2D eigenvalue weighted by Gasteiger charge is 2.36. The van der Waals surface area contributed by atoms with E-state index in [0.717, 1.165) is 5.57 Å². The van der Waals surface area contributed by atoms with Crippen LogP contribution in [0.2, 0.25) is 5.02 Å². The summed E-state index contributed by atoms with van der Waals surface area (Å²) in [5.74, 6) is -1.37. The molecule has 0 radical (unpaired) electrons. The number of benzene rings is 1. The molecule has 2 N–H and O–H groups in total. The van der Waals surface area contributed by atoms with Crippen LogP contribution < -0.4 is 5.48 Å². The Bertz CT molecular complexity index is 817. The van der Waals surface area contributed by atoms with E-state index in [4.69, 9.17) is 21.2 Å². The van der Waals surface area contributed by atoms with Gasteiger partial charge < -0.3 is 9.84 Å². The second-order valence-corrected chi connectivity index (χ2v) is 7.71. The van der Waals surface area contributed by atoms with Crippen LogP contribution in [0, 0.1) is 0 Å². The standard InChI is InChI=1S/C14H14ClNO6S/c1-2-23(19,20)9-4-3-7(13(17)18)11(15)10(9)12-8-5-6-21-14(8)22-16-12/h3-4,14,16H,2,5-6H2,1H3,(H,17,18). The van der Waals surface area contributed by atoms with Crippen molar-refractivity contribution >= 4 is 33.1 Å². The smallest absolute Gasteiger partial charge is 0.337 e. The molecule has 0 aliphatic carbocycles. The van der Waals surface area contributed by atoms with E-state index in [1.165, 1.54) is 19.1 Å². The number of carboxylic acid groups (broad SMARTS) is 1. The molecule has 7 nitrogen and oxygen atoms in total. The Morgan fingerprint density at radius 3 is 2.87 bits per heavy atom. The fourth-order valence-electron chi connectivity index (χ4n) is 2.60. The first kappa shape index (κ1) is 16.3. The molecular formula is C14H14ClNO6S. The maximum atomic E-state index is 12.4. The number of aromatic carboxylic acids is 1. The number of hydrogen-bond donors (Lipinski definition) is 2. The molecule has 0 saturated carbocycles. The van der Waals surface area contributed by atoms with Gasteiger partial charge in [-0.15, -0.1) is 0 Å². The summed E-state index contributed by atoms with van der Waals surface area (Å²) >= 11 is 6.23. The normalized spacial score (nSPS) is 20.5. The summed E-state index contributed by atoms with van der Waals surface area (Å²) in [5, 5.41) is 9.10. The van der Waals surface area contributed by atoms with E-state index in [0.29, 0.717) is 18.7 Å². The second-order valence-electron chi connectivity index (χ2n) is 5.08. The molecule has 1 atom stereocenters. The van der Waals surface area contributed by atoms with Gasteiger partial charge in [0.25, 0.3) is 0 Å². The van der Waals surface area contributed by atoms with Crippen molar-refractivity contribution in [3.63, 3.8) is 0 Å². The van der Waals surface area contributed by atoms with E-state index in [1.807, 2.05) is 0 Å². The zero-order valence-corrected chi connectivity index (χ0v) is 13.7. The number of hydroxylamine groups is 1. The summed E-state index contributed by atoms with van der Waals surface area (Å²) < 4.78 is 30.1. The summed E-state index contributed by atoms with van der Waals surface area (Å²) in [5.41, 5.74) is 3.67. The Balaban J connectivity index is 2.31. The zero-order valence-electron chi connectivity index (χ0n) is 12.1. The monoisotopic (exact) mass is 359 g/mol. The number of rotatable bonds is 4. The maximum absolute atomic E-state index is 12.4. The van der Waals surface area contributed by atoms with Crippen molar-refractivity contribution in [1.82, 2.24) is 5.48 Å². The first-order valence-electron chi connectivity index (χ1n) is 6.92. The molecule has 0 amide bonds. The molecule has 0 aromatic heterocycles. The number of ether oxygens (including phenoxy) is 1. The number of carboxylic acids is 1.